The number of rotatable bonds is 4. The standard InChI is InChI=1S/C19H18N2O3/c1-3-24-19(23)16-13(2)15-10-7-11-20-17(15)21(18(16)22)12-14-8-5-4-6-9-14/h4-11H,3,12H2,1-2H3. The summed E-state index contributed by atoms with van der Waals surface area (Å²) in [5.41, 5.74) is 1.84. The number of aryl methyl sites for hydroxylation is 1. The summed E-state index contributed by atoms with van der Waals surface area (Å²) in [5.74, 6) is -0.590. The third-order valence-corrected chi connectivity index (χ3v) is 3.94. The Kier molecular flexibility index (Phi) is 4.42. The van der Waals surface area contributed by atoms with Crippen molar-refractivity contribution in [1.29, 1.82) is 0 Å². The summed E-state index contributed by atoms with van der Waals surface area (Å²) in [5, 5.41) is 0.774. The predicted octanol–water partition coefficient (Wildman–Crippen LogP) is 2.93. The maximum Gasteiger partial charge on any atom is 0.344 e. The summed E-state index contributed by atoms with van der Waals surface area (Å²) in [6, 6.07) is 13.3. The van der Waals surface area contributed by atoms with E-state index in [1.54, 1.807) is 26.1 Å². The number of benzene rings is 1. The van der Waals surface area contributed by atoms with Gasteiger partial charge in [0.15, 0.2) is 0 Å². The largest absolute Gasteiger partial charge is 0.462 e. The number of carbonyl (C=O) groups excluding carboxylic acids is 1. The Morgan fingerprint density at radius 1 is 1.17 bits per heavy atom. The summed E-state index contributed by atoms with van der Waals surface area (Å²) < 4.78 is 6.60. The predicted molar refractivity (Wildman–Crippen MR) is 92.2 cm³/mol. The second-order valence-electron chi connectivity index (χ2n) is 5.47. The molecule has 0 amide bonds. The molecule has 0 radical (unpaired) electrons. The molecule has 0 bridgehead atoms. The molecule has 5 nitrogen and oxygen atoms in total. The summed E-state index contributed by atoms with van der Waals surface area (Å²) in [7, 11) is 0. The fraction of sp³-hybridized carbons (Fsp3) is 0.211. The summed E-state index contributed by atoms with van der Waals surface area (Å²) in [6.07, 6.45) is 1.65. The molecule has 0 aliphatic heterocycles. The van der Waals surface area contributed by atoms with E-state index in [2.05, 4.69) is 4.98 Å². The van der Waals surface area contributed by atoms with Gasteiger partial charge in [-0.05, 0) is 37.1 Å². The number of nitrogens with zero attached hydrogens (tertiary/aromatic N) is 2. The Balaban J connectivity index is 2.27. The fourth-order valence-corrected chi connectivity index (χ4v) is 2.79. The number of pyridine rings is 2. The molecule has 0 saturated heterocycles. The highest BCUT2D eigenvalue weighted by Crippen LogP contribution is 2.19. The van der Waals surface area contributed by atoms with Gasteiger partial charge >= 0.3 is 5.97 Å². The normalized spacial score (nSPS) is 10.8. The van der Waals surface area contributed by atoms with E-state index in [-0.39, 0.29) is 17.7 Å². The van der Waals surface area contributed by atoms with Gasteiger partial charge in [0.2, 0.25) is 0 Å². The summed E-state index contributed by atoms with van der Waals surface area (Å²) >= 11 is 0. The van der Waals surface area contributed by atoms with E-state index in [9.17, 15) is 9.59 Å². The van der Waals surface area contributed by atoms with Crippen molar-refractivity contribution >= 4 is 17.0 Å². The van der Waals surface area contributed by atoms with Crippen molar-refractivity contribution in [2.24, 2.45) is 0 Å². The molecule has 5 heteroatoms. The van der Waals surface area contributed by atoms with Crippen molar-refractivity contribution in [1.82, 2.24) is 9.55 Å². The van der Waals surface area contributed by atoms with Gasteiger partial charge in [-0.1, -0.05) is 30.3 Å². The second kappa shape index (κ2) is 6.66. The zero-order chi connectivity index (χ0) is 17.1. The third-order valence-electron chi connectivity index (χ3n) is 3.94. The molecule has 0 unspecified atom stereocenters. The van der Waals surface area contributed by atoms with Crippen molar-refractivity contribution < 1.29 is 9.53 Å². The highest BCUT2D eigenvalue weighted by molar-refractivity contribution is 5.96. The molecule has 24 heavy (non-hydrogen) atoms. The number of fused-ring (bicyclic) bond motifs is 1. The lowest BCUT2D eigenvalue weighted by molar-refractivity contribution is 0.0523. The molecule has 0 N–H and O–H groups in total. The molecular formula is C19H18N2O3. The van der Waals surface area contributed by atoms with Crippen LogP contribution in [-0.4, -0.2) is 22.1 Å². The van der Waals surface area contributed by atoms with Gasteiger partial charge in [0, 0.05) is 11.6 Å². The minimum absolute atomic E-state index is 0.0771. The van der Waals surface area contributed by atoms with E-state index >= 15 is 0 Å². The van der Waals surface area contributed by atoms with E-state index in [0.29, 0.717) is 17.8 Å². The van der Waals surface area contributed by atoms with E-state index < -0.39 is 5.97 Å². The average Bonchev–Trinajstić information content (AvgIpc) is 2.60. The van der Waals surface area contributed by atoms with Gasteiger partial charge < -0.3 is 4.74 Å². The van der Waals surface area contributed by atoms with Crippen LogP contribution < -0.4 is 5.56 Å². The number of hydrogen-bond acceptors (Lipinski definition) is 4. The van der Waals surface area contributed by atoms with Gasteiger partial charge in [0.1, 0.15) is 11.2 Å². The van der Waals surface area contributed by atoms with Crippen molar-refractivity contribution in [2.75, 3.05) is 6.61 Å². The lowest BCUT2D eigenvalue weighted by Crippen LogP contribution is -2.30. The number of hydrogen-bond donors (Lipinski definition) is 0. The molecule has 122 valence electrons. The Hall–Kier alpha value is -2.95. The van der Waals surface area contributed by atoms with Gasteiger partial charge in [-0.3, -0.25) is 9.36 Å². The third kappa shape index (κ3) is 2.80. The van der Waals surface area contributed by atoms with Gasteiger partial charge in [-0.25, -0.2) is 9.78 Å². The molecule has 0 spiro atoms. The first-order chi connectivity index (χ1) is 11.6. The molecule has 0 aliphatic rings. The first-order valence-corrected chi connectivity index (χ1v) is 7.82. The molecule has 2 heterocycles. The highest BCUT2D eigenvalue weighted by Gasteiger charge is 2.21. The molecule has 0 atom stereocenters. The van der Waals surface area contributed by atoms with Crippen LogP contribution in [0.4, 0.5) is 0 Å². The van der Waals surface area contributed by atoms with Crippen LogP contribution in [0.3, 0.4) is 0 Å². The van der Waals surface area contributed by atoms with Gasteiger partial charge in [0.05, 0.1) is 13.2 Å². The van der Waals surface area contributed by atoms with Crippen LogP contribution in [0.5, 0.6) is 0 Å². The monoisotopic (exact) mass is 322 g/mol. The number of aromatic nitrogens is 2. The van der Waals surface area contributed by atoms with E-state index in [0.717, 1.165) is 10.9 Å². The van der Waals surface area contributed by atoms with Crippen LogP contribution in [0.15, 0.2) is 53.5 Å². The first-order valence-electron chi connectivity index (χ1n) is 7.82. The van der Waals surface area contributed by atoms with Crippen LogP contribution in [0.25, 0.3) is 11.0 Å². The summed E-state index contributed by atoms with van der Waals surface area (Å²) in [6.45, 7) is 4.05. The molecule has 0 aliphatic carbocycles. The molecular weight excluding hydrogens is 304 g/mol. The minimum atomic E-state index is -0.590. The van der Waals surface area contributed by atoms with Gasteiger partial charge in [-0.2, -0.15) is 0 Å². The van der Waals surface area contributed by atoms with Crippen molar-refractivity contribution in [3.8, 4) is 0 Å². The average molecular weight is 322 g/mol. The zero-order valence-corrected chi connectivity index (χ0v) is 13.7. The molecule has 3 aromatic rings. The molecule has 0 saturated carbocycles. The maximum atomic E-state index is 12.9. The van der Waals surface area contributed by atoms with Crippen molar-refractivity contribution in [3.63, 3.8) is 0 Å². The highest BCUT2D eigenvalue weighted by atomic mass is 16.5. The Bertz CT molecular complexity index is 946. The van der Waals surface area contributed by atoms with Gasteiger partial charge in [0.25, 0.3) is 5.56 Å². The number of ether oxygens (including phenoxy) is 1. The van der Waals surface area contributed by atoms with Crippen LogP contribution in [0.2, 0.25) is 0 Å². The lowest BCUT2D eigenvalue weighted by atomic mass is 10.1. The van der Waals surface area contributed by atoms with Crippen LogP contribution >= 0.6 is 0 Å². The second-order valence-corrected chi connectivity index (χ2v) is 5.47. The minimum Gasteiger partial charge on any atom is -0.462 e. The van der Waals surface area contributed by atoms with Gasteiger partial charge in [-0.15, -0.1) is 0 Å². The summed E-state index contributed by atoms with van der Waals surface area (Å²) in [4.78, 5) is 29.6. The van der Waals surface area contributed by atoms with Crippen LogP contribution in [0, 0.1) is 6.92 Å². The fourth-order valence-electron chi connectivity index (χ4n) is 2.79. The Labute approximate surface area is 139 Å². The molecule has 0 fully saturated rings. The Morgan fingerprint density at radius 3 is 2.62 bits per heavy atom. The SMILES string of the molecule is CCOC(=O)c1c(C)c2cccnc2n(Cc2ccccc2)c1=O. The number of carbonyl (C=O) groups is 1. The van der Waals surface area contributed by atoms with E-state index in [1.807, 2.05) is 36.4 Å². The quantitative estimate of drug-likeness (QED) is 0.693. The van der Waals surface area contributed by atoms with Crippen molar-refractivity contribution in [3.05, 3.63) is 75.7 Å². The molecule has 3 rings (SSSR count). The smallest absolute Gasteiger partial charge is 0.344 e. The van der Waals surface area contributed by atoms with Crippen LogP contribution in [-0.2, 0) is 11.3 Å². The van der Waals surface area contributed by atoms with E-state index in [1.165, 1.54) is 4.57 Å². The maximum absolute atomic E-state index is 12.9. The first kappa shape index (κ1) is 15.9. The van der Waals surface area contributed by atoms with E-state index in [4.69, 9.17) is 4.74 Å². The lowest BCUT2D eigenvalue weighted by Gasteiger charge is -2.14. The van der Waals surface area contributed by atoms with Crippen molar-refractivity contribution in [2.45, 2.75) is 20.4 Å². The zero-order valence-electron chi connectivity index (χ0n) is 13.7. The molecule has 2 aromatic heterocycles. The van der Waals surface area contributed by atoms with Crippen LogP contribution in [0.1, 0.15) is 28.4 Å². The number of esters is 1. The molecule has 1 aromatic carbocycles. The topological polar surface area (TPSA) is 61.2 Å². The Morgan fingerprint density at radius 2 is 1.92 bits per heavy atom.